The molecule has 0 atom stereocenters. The van der Waals surface area contributed by atoms with Crippen molar-refractivity contribution in [3.05, 3.63) is 70.4 Å². The lowest BCUT2D eigenvalue weighted by Gasteiger charge is -2.08. The van der Waals surface area contributed by atoms with Gasteiger partial charge in [-0.1, -0.05) is 12.1 Å². The lowest BCUT2D eigenvalue weighted by molar-refractivity contribution is 0.102. The number of ether oxygens (including phenoxy) is 1. The number of rotatable bonds is 5. The minimum atomic E-state index is -0.226. The smallest absolute Gasteiger partial charge is 0.255 e. The first-order chi connectivity index (χ1) is 12.1. The number of halogens is 1. The van der Waals surface area contributed by atoms with E-state index in [4.69, 9.17) is 14.3 Å². The van der Waals surface area contributed by atoms with Crippen molar-refractivity contribution < 1.29 is 19.1 Å². The van der Waals surface area contributed by atoms with Crippen LogP contribution in [0.2, 0.25) is 0 Å². The quantitative estimate of drug-likeness (QED) is 0.661. The molecule has 0 saturated heterocycles. The van der Waals surface area contributed by atoms with Crippen LogP contribution in [0.15, 0.2) is 63.5 Å². The summed E-state index contributed by atoms with van der Waals surface area (Å²) in [5, 5.41) is 12.0. The van der Waals surface area contributed by atoms with E-state index in [2.05, 4.69) is 21.2 Å². The van der Waals surface area contributed by atoms with E-state index in [1.807, 2.05) is 18.2 Å². The number of benzene rings is 2. The molecule has 0 aliphatic carbocycles. The summed E-state index contributed by atoms with van der Waals surface area (Å²) in [6, 6.07) is 16.0. The van der Waals surface area contributed by atoms with Gasteiger partial charge in [-0.25, -0.2) is 0 Å². The van der Waals surface area contributed by atoms with Crippen molar-refractivity contribution in [2.45, 2.75) is 6.61 Å². The van der Waals surface area contributed by atoms with E-state index < -0.39 is 0 Å². The maximum absolute atomic E-state index is 12.4. The van der Waals surface area contributed by atoms with Crippen LogP contribution in [0, 0.1) is 0 Å². The van der Waals surface area contributed by atoms with E-state index >= 15 is 0 Å². The maximum Gasteiger partial charge on any atom is 0.255 e. The SMILES string of the molecule is COc1ccc(C(=O)Nc2cccc(-c3ccc(CO)o3)c2)cc1Br. The van der Waals surface area contributed by atoms with E-state index in [1.165, 1.54) is 0 Å². The molecule has 5 nitrogen and oxygen atoms in total. The molecule has 1 amide bonds. The third-order valence-electron chi connectivity index (χ3n) is 3.64. The third-order valence-corrected chi connectivity index (χ3v) is 4.26. The second-order valence-electron chi connectivity index (χ2n) is 5.31. The number of anilines is 1. The third kappa shape index (κ3) is 3.92. The molecule has 1 aromatic heterocycles. The number of aliphatic hydroxyl groups excluding tert-OH is 1. The first kappa shape index (κ1) is 17.3. The van der Waals surface area contributed by atoms with Crippen LogP contribution in [0.1, 0.15) is 16.1 Å². The Kier molecular flexibility index (Phi) is 5.21. The fraction of sp³-hybridized carbons (Fsp3) is 0.105. The standard InChI is InChI=1S/C19H16BrNO4/c1-24-18-7-5-13(10-16(18)20)19(23)21-14-4-2-3-12(9-14)17-8-6-15(11-22)25-17/h2-10,22H,11H2,1H3,(H,21,23). The number of amides is 1. The summed E-state index contributed by atoms with van der Waals surface area (Å²) < 4.78 is 11.4. The van der Waals surface area contributed by atoms with Gasteiger partial charge in [-0.3, -0.25) is 4.79 Å². The van der Waals surface area contributed by atoms with Crippen LogP contribution in [0.4, 0.5) is 5.69 Å². The van der Waals surface area contributed by atoms with E-state index in [-0.39, 0.29) is 12.5 Å². The van der Waals surface area contributed by atoms with E-state index in [9.17, 15) is 4.79 Å². The number of hydrogen-bond acceptors (Lipinski definition) is 4. The van der Waals surface area contributed by atoms with Gasteiger partial charge in [0.15, 0.2) is 0 Å². The predicted molar refractivity (Wildman–Crippen MR) is 98.7 cm³/mol. The molecule has 6 heteroatoms. The molecule has 25 heavy (non-hydrogen) atoms. The lowest BCUT2D eigenvalue weighted by atomic mass is 10.1. The van der Waals surface area contributed by atoms with Gasteiger partial charge in [0.25, 0.3) is 5.91 Å². The molecule has 1 heterocycles. The lowest BCUT2D eigenvalue weighted by Crippen LogP contribution is -2.11. The summed E-state index contributed by atoms with van der Waals surface area (Å²) in [7, 11) is 1.57. The maximum atomic E-state index is 12.4. The van der Waals surface area contributed by atoms with Gasteiger partial charge in [0.05, 0.1) is 11.6 Å². The average Bonchev–Trinajstić information content (AvgIpc) is 3.11. The van der Waals surface area contributed by atoms with Crippen molar-refractivity contribution in [2.24, 2.45) is 0 Å². The molecule has 0 aliphatic rings. The first-order valence-electron chi connectivity index (χ1n) is 7.55. The molecule has 0 aliphatic heterocycles. The zero-order valence-corrected chi connectivity index (χ0v) is 15.0. The average molecular weight is 402 g/mol. The van der Waals surface area contributed by atoms with Crippen LogP contribution >= 0.6 is 15.9 Å². The van der Waals surface area contributed by atoms with Gasteiger partial charge >= 0.3 is 0 Å². The van der Waals surface area contributed by atoms with Crippen molar-refractivity contribution in [3.8, 4) is 17.1 Å². The van der Waals surface area contributed by atoms with Crippen molar-refractivity contribution in [3.63, 3.8) is 0 Å². The molecule has 0 bridgehead atoms. The van der Waals surface area contributed by atoms with Gasteiger partial charge in [-0.2, -0.15) is 0 Å². The minimum Gasteiger partial charge on any atom is -0.496 e. The van der Waals surface area contributed by atoms with Gasteiger partial charge in [0, 0.05) is 16.8 Å². The number of furan rings is 1. The fourth-order valence-electron chi connectivity index (χ4n) is 2.38. The number of hydrogen-bond donors (Lipinski definition) is 2. The normalized spacial score (nSPS) is 10.5. The van der Waals surface area contributed by atoms with E-state index in [0.29, 0.717) is 33.0 Å². The molecule has 0 unspecified atom stereocenters. The first-order valence-corrected chi connectivity index (χ1v) is 8.35. The Bertz CT molecular complexity index is 904. The zero-order chi connectivity index (χ0) is 17.8. The van der Waals surface area contributed by atoms with Gasteiger partial charge < -0.3 is 19.6 Å². The largest absolute Gasteiger partial charge is 0.496 e. The molecule has 128 valence electrons. The highest BCUT2D eigenvalue weighted by Crippen LogP contribution is 2.27. The number of nitrogens with one attached hydrogen (secondary N) is 1. The van der Waals surface area contributed by atoms with Crippen molar-refractivity contribution >= 4 is 27.5 Å². The topological polar surface area (TPSA) is 71.7 Å². The highest BCUT2D eigenvalue weighted by atomic mass is 79.9. The predicted octanol–water partition coefficient (Wildman–Crippen LogP) is 4.46. The molecule has 0 radical (unpaired) electrons. The Morgan fingerprint density at radius 1 is 1.20 bits per heavy atom. The van der Waals surface area contributed by atoms with Gasteiger partial charge in [-0.05, 0) is 58.4 Å². The Hall–Kier alpha value is -2.57. The van der Waals surface area contributed by atoms with Crippen LogP contribution in [0.25, 0.3) is 11.3 Å². The number of carbonyl (C=O) groups is 1. The fourth-order valence-corrected chi connectivity index (χ4v) is 2.92. The summed E-state index contributed by atoms with van der Waals surface area (Å²) in [5.74, 6) is 1.56. The number of methoxy groups -OCH3 is 1. The molecular formula is C19H16BrNO4. The molecule has 2 N–H and O–H groups in total. The molecule has 0 saturated carbocycles. The van der Waals surface area contributed by atoms with Gasteiger partial charge in [-0.15, -0.1) is 0 Å². The van der Waals surface area contributed by atoms with Gasteiger partial charge in [0.1, 0.15) is 23.9 Å². The highest BCUT2D eigenvalue weighted by molar-refractivity contribution is 9.10. The molecule has 3 rings (SSSR count). The minimum absolute atomic E-state index is 0.150. The Morgan fingerprint density at radius 3 is 2.72 bits per heavy atom. The van der Waals surface area contributed by atoms with Crippen LogP contribution in [0.3, 0.4) is 0 Å². The summed E-state index contributed by atoms with van der Waals surface area (Å²) in [4.78, 5) is 12.4. The van der Waals surface area contributed by atoms with Crippen molar-refractivity contribution in [1.82, 2.24) is 0 Å². The van der Waals surface area contributed by atoms with E-state index in [1.54, 1.807) is 43.5 Å². The van der Waals surface area contributed by atoms with Crippen LogP contribution < -0.4 is 10.1 Å². The summed E-state index contributed by atoms with van der Waals surface area (Å²) in [6.45, 7) is -0.150. The molecule has 0 fully saturated rings. The second kappa shape index (κ2) is 7.55. The summed E-state index contributed by atoms with van der Waals surface area (Å²) in [6.07, 6.45) is 0. The Balaban J connectivity index is 1.79. The molecule has 3 aromatic rings. The van der Waals surface area contributed by atoms with Gasteiger partial charge in [0.2, 0.25) is 0 Å². The molecular weight excluding hydrogens is 386 g/mol. The Morgan fingerprint density at radius 2 is 2.04 bits per heavy atom. The van der Waals surface area contributed by atoms with Crippen LogP contribution in [-0.4, -0.2) is 18.1 Å². The monoisotopic (exact) mass is 401 g/mol. The number of aliphatic hydroxyl groups is 1. The number of carbonyl (C=O) groups excluding carboxylic acids is 1. The molecule has 2 aromatic carbocycles. The van der Waals surface area contributed by atoms with Crippen molar-refractivity contribution in [2.75, 3.05) is 12.4 Å². The second-order valence-corrected chi connectivity index (χ2v) is 6.16. The molecule has 0 spiro atoms. The van der Waals surface area contributed by atoms with Crippen LogP contribution in [-0.2, 0) is 6.61 Å². The Labute approximate surface area is 153 Å². The summed E-state index contributed by atoms with van der Waals surface area (Å²) in [5.41, 5.74) is 1.98. The highest BCUT2D eigenvalue weighted by Gasteiger charge is 2.11. The summed E-state index contributed by atoms with van der Waals surface area (Å²) >= 11 is 3.37. The van der Waals surface area contributed by atoms with Crippen molar-refractivity contribution in [1.29, 1.82) is 0 Å². The van der Waals surface area contributed by atoms with E-state index in [0.717, 1.165) is 5.56 Å². The van der Waals surface area contributed by atoms with Crippen LogP contribution in [0.5, 0.6) is 5.75 Å². The zero-order valence-electron chi connectivity index (χ0n) is 13.5.